The standard InChI is InChI=1S/C14H17N3O5/c1-22-14(19)11-7-10(17(20)21)4-5-12(11)16-6-2-3-9(8-16)13(15)18/h4-5,7,9H,2-3,6,8H2,1H3,(H2,15,18). The molecular formula is C14H17N3O5. The fraction of sp³-hybridized carbons (Fsp3) is 0.429. The Balaban J connectivity index is 2.38. The first-order chi connectivity index (χ1) is 10.4. The van der Waals surface area contributed by atoms with E-state index in [-0.39, 0.29) is 23.1 Å². The lowest BCUT2D eigenvalue weighted by molar-refractivity contribution is -0.384. The van der Waals surface area contributed by atoms with Gasteiger partial charge in [0.1, 0.15) is 0 Å². The average molecular weight is 307 g/mol. The maximum atomic E-state index is 11.9. The second-order valence-corrected chi connectivity index (χ2v) is 5.14. The molecule has 1 aliphatic heterocycles. The van der Waals surface area contributed by atoms with Gasteiger partial charge in [-0.1, -0.05) is 0 Å². The number of benzene rings is 1. The van der Waals surface area contributed by atoms with Gasteiger partial charge in [-0.2, -0.15) is 0 Å². The van der Waals surface area contributed by atoms with Crippen LogP contribution in [0, 0.1) is 16.0 Å². The number of nitro benzene ring substituents is 1. The van der Waals surface area contributed by atoms with Crippen molar-refractivity contribution in [1.82, 2.24) is 0 Å². The zero-order valence-electron chi connectivity index (χ0n) is 12.2. The second-order valence-electron chi connectivity index (χ2n) is 5.14. The van der Waals surface area contributed by atoms with Crippen molar-refractivity contribution in [3.05, 3.63) is 33.9 Å². The van der Waals surface area contributed by atoms with Crippen LogP contribution in [0.1, 0.15) is 23.2 Å². The third-order valence-electron chi connectivity index (χ3n) is 3.76. The van der Waals surface area contributed by atoms with Gasteiger partial charge in [0.2, 0.25) is 5.91 Å². The van der Waals surface area contributed by atoms with Crippen LogP contribution in [0.3, 0.4) is 0 Å². The van der Waals surface area contributed by atoms with Gasteiger partial charge in [-0.3, -0.25) is 14.9 Å². The number of nitrogens with zero attached hydrogens (tertiary/aromatic N) is 2. The molecule has 1 atom stereocenters. The summed E-state index contributed by atoms with van der Waals surface area (Å²) in [7, 11) is 1.22. The highest BCUT2D eigenvalue weighted by Crippen LogP contribution is 2.29. The van der Waals surface area contributed by atoms with Crippen molar-refractivity contribution in [2.75, 3.05) is 25.1 Å². The smallest absolute Gasteiger partial charge is 0.340 e. The summed E-state index contributed by atoms with van der Waals surface area (Å²) in [6.45, 7) is 1.03. The minimum absolute atomic E-state index is 0.113. The van der Waals surface area contributed by atoms with Gasteiger partial charge in [0.05, 0.1) is 29.2 Å². The molecule has 0 radical (unpaired) electrons. The fourth-order valence-corrected chi connectivity index (χ4v) is 2.61. The van der Waals surface area contributed by atoms with Gasteiger partial charge in [-0.25, -0.2) is 4.79 Å². The maximum Gasteiger partial charge on any atom is 0.340 e. The number of non-ortho nitro benzene ring substituents is 1. The lowest BCUT2D eigenvalue weighted by Gasteiger charge is -2.33. The van der Waals surface area contributed by atoms with E-state index in [0.717, 1.165) is 6.42 Å². The number of hydrogen-bond acceptors (Lipinski definition) is 6. The molecule has 1 heterocycles. The maximum absolute atomic E-state index is 11.9. The Morgan fingerprint density at radius 2 is 2.18 bits per heavy atom. The van der Waals surface area contributed by atoms with E-state index >= 15 is 0 Å². The number of nitrogens with two attached hydrogens (primary N) is 1. The number of nitro groups is 1. The van der Waals surface area contributed by atoms with Crippen LogP contribution in [-0.2, 0) is 9.53 Å². The van der Waals surface area contributed by atoms with Gasteiger partial charge < -0.3 is 15.4 Å². The first kappa shape index (κ1) is 15.7. The first-order valence-corrected chi connectivity index (χ1v) is 6.85. The third-order valence-corrected chi connectivity index (χ3v) is 3.76. The summed E-state index contributed by atoms with van der Waals surface area (Å²) < 4.78 is 4.70. The van der Waals surface area contributed by atoms with Gasteiger partial charge in [-0.05, 0) is 18.9 Å². The van der Waals surface area contributed by atoms with E-state index in [0.29, 0.717) is 25.2 Å². The van der Waals surface area contributed by atoms with E-state index in [2.05, 4.69) is 0 Å². The molecule has 1 amide bonds. The van der Waals surface area contributed by atoms with Gasteiger partial charge in [0.25, 0.3) is 5.69 Å². The lowest BCUT2D eigenvalue weighted by atomic mass is 9.96. The number of ether oxygens (including phenoxy) is 1. The van der Waals surface area contributed by atoms with E-state index in [9.17, 15) is 19.7 Å². The highest BCUT2D eigenvalue weighted by atomic mass is 16.6. The summed E-state index contributed by atoms with van der Waals surface area (Å²) in [6.07, 6.45) is 1.46. The molecule has 0 bridgehead atoms. The molecule has 8 heteroatoms. The topological polar surface area (TPSA) is 116 Å². The number of hydrogen-bond donors (Lipinski definition) is 1. The number of rotatable bonds is 4. The van der Waals surface area contributed by atoms with Crippen molar-refractivity contribution in [2.45, 2.75) is 12.8 Å². The summed E-state index contributed by atoms with van der Waals surface area (Å²) in [5.74, 6) is -1.33. The summed E-state index contributed by atoms with van der Waals surface area (Å²) in [5, 5.41) is 10.9. The predicted octanol–water partition coefficient (Wildman–Crippen LogP) is 1.08. The predicted molar refractivity (Wildman–Crippen MR) is 78.6 cm³/mol. The number of esters is 1. The molecule has 1 aromatic rings. The van der Waals surface area contributed by atoms with Crippen LogP contribution in [-0.4, -0.2) is 37.0 Å². The molecular weight excluding hydrogens is 290 g/mol. The Morgan fingerprint density at radius 1 is 1.45 bits per heavy atom. The summed E-state index contributed by atoms with van der Waals surface area (Å²) in [5.41, 5.74) is 5.79. The van der Waals surface area contributed by atoms with Crippen molar-refractivity contribution in [2.24, 2.45) is 11.7 Å². The van der Waals surface area contributed by atoms with Crippen molar-refractivity contribution in [3.8, 4) is 0 Å². The number of anilines is 1. The fourth-order valence-electron chi connectivity index (χ4n) is 2.61. The van der Waals surface area contributed by atoms with Gasteiger partial charge in [0, 0.05) is 25.2 Å². The summed E-state index contributed by atoms with van der Waals surface area (Å²) >= 11 is 0. The van der Waals surface area contributed by atoms with Crippen molar-refractivity contribution >= 4 is 23.3 Å². The van der Waals surface area contributed by atoms with Crippen molar-refractivity contribution < 1.29 is 19.2 Å². The SMILES string of the molecule is COC(=O)c1cc([N+](=O)[O-])ccc1N1CCCC(C(N)=O)C1. The Hall–Kier alpha value is -2.64. The molecule has 0 aliphatic carbocycles. The number of carbonyl (C=O) groups excluding carboxylic acids is 2. The third kappa shape index (κ3) is 3.16. The Morgan fingerprint density at radius 3 is 2.77 bits per heavy atom. The zero-order valence-corrected chi connectivity index (χ0v) is 12.2. The molecule has 1 aromatic carbocycles. The summed E-state index contributed by atoms with van der Waals surface area (Å²) in [4.78, 5) is 35.4. The molecule has 0 aromatic heterocycles. The van der Waals surface area contributed by atoms with E-state index in [1.165, 1.54) is 25.3 Å². The zero-order chi connectivity index (χ0) is 16.3. The number of carbonyl (C=O) groups is 2. The molecule has 1 aliphatic rings. The van der Waals surface area contributed by atoms with Crippen LogP contribution in [0.5, 0.6) is 0 Å². The first-order valence-electron chi connectivity index (χ1n) is 6.85. The van der Waals surface area contributed by atoms with Gasteiger partial charge >= 0.3 is 5.97 Å². The Kier molecular flexibility index (Phi) is 4.59. The van der Waals surface area contributed by atoms with E-state index < -0.39 is 10.9 Å². The number of piperidine rings is 1. The van der Waals surface area contributed by atoms with Gasteiger partial charge in [-0.15, -0.1) is 0 Å². The number of primary amides is 1. The minimum atomic E-state index is -0.653. The molecule has 2 N–H and O–H groups in total. The molecule has 1 fully saturated rings. The highest BCUT2D eigenvalue weighted by molar-refractivity contribution is 5.96. The van der Waals surface area contributed by atoms with E-state index in [1.54, 1.807) is 0 Å². The Labute approximate surface area is 127 Å². The van der Waals surface area contributed by atoms with Crippen LogP contribution in [0.25, 0.3) is 0 Å². The van der Waals surface area contributed by atoms with E-state index in [1.807, 2.05) is 4.90 Å². The molecule has 0 spiro atoms. The van der Waals surface area contributed by atoms with Crippen LogP contribution in [0.15, 0.2) is 18.2 Å². The highest BCUT2D eigenvalue weighted by Gasteiger charge is 2.28. The lowest BCUT2D eigenvalue weighted by Crippen LogP contribution is -2.41. The number of amides is 1. The molecule has 22 heavy (non-hydrogen) atoms. The van der Waals surface area contributed by atoms with Crippen LogP contribution in [0.2, 0.25) is 0 Å². The van der Waals surface area contributed by atoms with Gasteiger partial charge in [0.15, 0.2) is 0 Å². The summed E-state index contributed by atoms with van der Waals surface area (Å²) in [6, 6.07) is 4.03. The molecule has 8 nitrogen and oxygen atoms in total. The van der Waals surface area contributed by atoms with Crippen LogP contribution in [0.4, 0.5) is 11.4 Å². The average Bonchev–Trinajstić information content (AvgIpc) is 2.53. The van der Waals surface area contributed by atoms with Crippen molar-refractivity contribution in [3.63, 3.8) is 0 Å². The number of methoxy groups -OCH3 is 1. The second kappa shape index (κ2) is 6.42. The van der Waals surface area contributed by atoms with E-state index in [4.69, 9.17) is 10.5 Å². The molecule has 2 rings (SSSR count). The monoisotopic (exact) mass is 307 g/mol. The van der Waals surface area contributed by atoms with Crippen LogP contribution >= 0.6 is 0 Å². The largest absolute Gasteiger partial charge is 0.465 e. The van der Waals surface area contributed by atoms with Crippen LogP contribution < -0.4 is 10.6 Å². The minimum Gasteiger partial charge on any atom is -0.465 e. The molecule has 118 valence electrons. The van der Waals surface area contributed by atoms with Crippen molar-refractivity contribution in [1.29, 1.82) is 0 Å². The molecule has 1 saturated heterocycles. The molecule has 1 unspecified atom stereocenters. The normalized spacial score (nSPS) is 17.9. The quantitative estimate of drug-likeness (QED) is 0.505. The Bertz CT molecular complexity index is 616. The molecule has 0 saturated carbocycles.